The zero-order valence-electron chi connectivity index (χ0n) is 7.09. The largest absolute Gasteiger partial charge is 0.481 e. The SMILES string of the molecule is CCS(=O)CC(C)(C)C(=O)O. The Hall–Kier alpha value is -0.380. The van der Waals surface area contributed by atoms with Crippen LogP contribution in [0.2, 0.25) is 0 Å². The molecule has 3 nitrogen and oxygen atoms in total. The summed E-state index contributed by atoms with van der Waals surface area (Å²) in [5.41, 5.74) is -0.860. The van der Waals surface area contributed by atoms with E-state index < -0.39 is 22.2 Å². The molecule has 0 fully saturated rings. The van der Waals surface area contributed by atoms with Gasteiger partial charge >= 0.3 is 5.97 Å². The van der Waals surface area contributed by atoms with Crippen LogP contribution in [0.15, 0.2) is 0 Å². The third-order valence-electron chi connectivity index (χ3n) is 1.42. The molecule has 0 saturated heterocycles. The smallest absolute Gasteiger partial charge is 0.310 e. The van der Waals surface area contributed by atoms with E-state index in [0.29, 0.717) is 5.75 Å². The molecule has 0 aromatic rings. The second-order valence-electron chi connectivity index (χ2n) is 3.06. The van der Waals surface area contributed by atoms with Crippen LogP contribution in [0.3, 0.4) is 0 Å². The first-order chi connectivity index (χ1) is 4.90. The summed E-state index contributed by atoms with van der Waals surface area (Å²) in [6.07, 6.45) is 0. The predicted octanol–water partition coefficient (Wildman–Crippen LogP) is 0.866. The molecular weight excluding hydrogens is 164 g/mol. The topological polar surface area (TPSA) is 54.4 Å². The minimum Gasteiger partial charge on any atom is -0.481 e. The fourth-order valence-corrected chi connectivity index (χ4v) is 1.70. The van der Waals surface area contributed by atoms with Gasteiger partial charge in [0.2, 0.25) is 0 Å². The molecule has 0 saturated carbocycles. The van der Waals surface area contributed by atoms with E-state index in [1.807, 2.05) is 0 Å². The van der Waals surface area contributed by atoms with E-state index in [-0.39, 0.29) is 5.75 Å². The predicted molar refractivity (Wildman–Crippen MR) is 45.0 cm³/mol. The fourth-order valence-electron chi connectivity index (χ4n) is 0.566. The first kappa shape index (κ1) is 10.6. The maximum absolute atomic E-state index is 11.0. The average molecular weight is 178 g/mol. The molecule has 0 aromatic heterocycles. The van der Waals surface area contributed by atoms with Gasteiger partial charge in [0.05, 0.1) is 5.41 Å². The summed E-state index contributed by atoms with van der Waals surface area (Å²) in [6, 6.07) is 0. The Labute approximate surface area is 69.3 Å². The molecule has 1 N–H and O–H groups in total. The molecule has 0 aliphatic rings. The third-order valence-corrected chi connectivity index (χ3v) is 3.11. The minimum atomic E-state index is -0.998. The van der Waals surface area contributed by atoms with Crippen LogP contribution in [-0.2, 0) is 15.6 Å². The molecule has 0 bridgehead atoms. The van der Waals surface area contributed by atoms with E-state index in [2.05, 4.69) is 0 Å². The number of rotatable bonds is 4. The highest BCUT2D eigenvalue weighted by atomic mass is 32.2. The van der Waals surface area contributed by atoms with E-state index in [0.717, 1.165) is 0 Å². The van der Waals surface area contributed by atoms with Crippen LogP contribution >= 0.6 is 0 Å². The molecule has 0 rings (SSSR count). The summed E-state index contributed by atoms with van der Waals surface area (Å²) >= 11 is 0. The highest BCUT2D eigenvalue weighted by molar-refractivity contribution is 7.85. The Morgan fingerprint density at radius 2 is 2.00 bits per heavy atom. The van der Waals surface area contributed by atoms with Crippen molar-refractivity contribution in [2.45, 2.75) is 20.8 Å². The monoisotopic (exact) mass is 178 g/mol. The number of carboxylic acid groups (broad SMARTS) is 1. The molecule has 1 unspecified atom stereocenters. The van der Waals surface area contributed by atoms with E-state index in [9.17, 15) is 9.00 Å². The second-order valence-corrected chi connectivity index (χ2v) is 4.81. The van der Waals surface area contributed by atoms with Crippen LogP contribution in [0.5, 0.6) is 0 Å². The van der Waals surface area contributed by atoms with Gasteiger partial charge in [0.1, 0.15) is 0 Å². The maximum atomic E-state index is 11.0. The Balaban J connectivity index is 4.12. The van der Waals surface area contributed by atoms with Crippen LogP contribution in [0, 0.1) is 5.41 Å². The van der Waals surface area contributed by atoms with Gasteiger partial charge in [-0.2, -0.15) is 0 Å². The van der Waals surface area contributed by atoms with Gasteiger partial charge in [0, 0.05) is 22.3 Å². The van der Waals surface area contributed by atoms with Gasteiger partial charge in [-0.05, 0) is 13.8 Å². The molecule has 4 heteroatoms. The summed E-state index contributed by atoms with van der Waals surface area (Å²) in [5, 5.41) is 8.65. The number of hydrogen-bond acceptors (Lipinski definition) is 2. The normalized spacial score (nSPS) is 14.5. The molecular formula is C7H14O3S. The summed E-state index contributed by atoms with van der Waals surface area (Å²) < 4.78 is 11.0. The molecule has 1 atom stereocenters. The molecule has 0 radical (unpaired) electrons. The quantitative estimate of drug-likeness (QED) is 0.694. The first-order valence-electron chi connectivity index (χ1n) is 3.48. The van der Waals surface area contributed by atoms with Crippen molar-refractivity contribution < 1.29 is 14.1 Å². The Bertz CT molecular complexity index is 175. The lowest BCUT2D eigenvalue weighted by molar-refractivity contribution is -0.145. The molecule has 66 valence electrons. The van der Waals surface area contributed by atoms with Gasteiger partial charge in [-0.25, -0.2) is 0 Å². The lowest BCUT2D eigenvalue weighted by Crippen LogP contribution is -2.30. The van der Waals surface area contributed by atoms with Crippen molar-refractivity contribution in [3.63, 3.8) is 0 Å². The second kappa shape index (κ2) is 3.85. The van der Waals surface area contributed by atoms with Crippen LogP contribution < -0.4 is 0 Å². The number of hydrogen-bond donors (Lipinski definition) is 1. The lowest BCUT2D eigenvalue weighted by atomic mass is 9.97. The first-order valence-corrected chi connectivity index (χ1v) is 4.97. The van der Waals surface area contributed by atoms with Gasteiger partial charge < -0.3 is 5.11 Å². The fraction of sp³-hybridized carbons (Fsp3) is 0.857. The Kier molecular flexibility index (Phi) is 3.72. The lowest BCUT2D eigenvalue weighted by Gasteiger charge is -2.17. The van der Waals surface area contributed by atoms with Crippen LogP contribution in [0.4, 0.5) is 0 Å². The van der Waals surface area contributed by atoms with Crippen LogP contribution in [0.25, 0.3) is 0 Å². The summed E-state index contributed by atoms with van der Waals surface area (Å²) in [6.45, 7) is 4.96. The van der Waals surface area contributed by atoms with E-state index >= 15 is 0 Å². The number of carbonyl (C=O) groups is 1. The zero-order chi connectivity index (χ0) is 9.07. The molecule has 0 amide bonds. The van der Waals surface area contributed by atoms with Crippen molar-refractivity contribution in [1.82, 2.24) is 0 Å². The highest BCUT2D eigenvalue weighted by Crippen LogP contribution is 2.16. The minimum absolute atomic E-state index is 0.235. The third kappa shape index (κ3) is 3.51. The van der Waals surface area contributed by atoms with Crippen molar-refractivity contribution in [3.05, 3.63) is 0 Å². The van der Waals surface area contributed by atoms with Crippen molar-refractivity contribution >= 4 is 16.8 Å². The summed E-state index contributed by atoms with van der Waals surface area (Å²) in [7, 11) is -0.998. The van der Waals surface area contributed by atoms with Gasteiger partial charge in [-0.15, -0.1) is 0 Å². The molecule has 0 aromatic carbocycles. The number of carboxylic acids is 1. The van der Waals surface area contributed by atoms with E-state index in [1.165, 1.54) is 0 Å². The van der Waals surface area contributed by atoms with Crippen molar-refractivity contribution in [3.8, 4) is 0 Å². The molecule has 0 spiro atoms. The van der Waals surface area contributed by atoms with E-state index in [4.69, 9.17) is 5.11 Å². The Morgan fingerprint density at radius 1 is 1.55 bits per heavy atom. The Morgan fingerprint density at radius 3 is 2.27 bits per heavy atom. The van der Waals surface area contributed by atoms with Gasteiger partial charge in [-0.1, -0.05) is 6.92 Å². The van der Waals surface area contributed by atoms with Crippen molar-refractivity contribution in [2.24, 2.45) is 5.41 Å². The molecule has 0 aliphatic carbocycles. The van der Waals surface area contributed by atoms with Gasteiger partial charge in [-0.3, -0.25) is 9.00 Å². The van der Waals surface area contributed by atoms with E-state index in [1.54, 1.807) is 20.8 Å². The molecule has 0 aliphatic heterocycles. The average Bonchev–Trinajstić information content (AvgIpc) is 1.86. The van der Waals surface area contributed by atoms with Gasteiger partial charge in [0.15, 0.2) is 0 Å². The van der Waals surface area contributed by atoms with Crippen LogP contribution in [-0.4, -0.2) is 26.8 Å². The van der Waals surface area contributed by atoms with Crippen molar-refractivity contribution in [2.75, 3.05) is 11.5 Å². The molecule has 0 heterocycles. The summed E-state index contributed by atoms with van der Waals surface area (Å²) in [4.78, 5) is 10.5. The maximum Gasteiger partial charge on any atom is 0.310 e. The van der Waals surface area contributed by atoms with Crippen LogP contribution in [0.1, 0.15) is 20.8 Å². The van der Waals surface area contributed by atoms with Gasteiger partial charge in [0.25, 0.3) is 0 Å². The summed E-state index contributed by atoms with van der Waals surface area (Å²) in [5.74, 6) is -0.130. The highest BCUT2D eigenvalue weighted by Gasteiger charge is 2.28. The molecule has 11 heavy (non-hydrogen) atoms. The van der Waals surface area contributed by atoms with Crippen molar-refractivity contribution in [1.29, 1.82) is 0 Å². The number of aliphatic carboxylic acids is 1. The zero-order valence-corrected chi connectivity index (χ0v) is 7.90. The standard InChI is InChI=1S/C7H14O3S/c1-4-11(10)5-7(2,3)6(8)9/h4-5H2,1-3H3,(H,8,9).